The van der Waals surface area contributed by atoms with Gasteiger partial charge in [0.25, 0.3) is 0 Å². The Kier molecular flexibility index (Phi) is 6.07. The predicted molar refractivity (Wildman–Crippen MR) is 77.2 cm³/mol. The van der Waals surface area contributed by atoms with Crippen LogP contribution in [0.25, 0.3) is 0 Å². The number of amides is 1. The molecule has 2 rings (SSSR count). The van der Waals surface area contributed by atoms with Crippen molar-refractivity contribution in [1.29, 1.82) is 0 Å². The van der Waals surface area contributed by atoms with Crippen LogP contribution in [0.1, 0.15) is 19.3 Å². The summed E-state index contributed by atoms with van der Waals surface area (Å²) in [7, 11) is 2.11. The number of nitrogens with zero attached hydrogens (tertiary/aromatic N) is 3. The molecule has 110 valence electrons. The molecule has 0 unspecified atom stereocenters. The van der Waals surface area contributed by atoms with Crippen molar-refractivity contribution < 1.29 is 4.79 Å². The van der Waals surface area contributed by atoms with Gasteiger partial charge in [0.2, 0.25) is 5.91 Å². The molecule has 0 saturated carbocycles. The van der Waals surface area contributed by atoms with E-state index >= 15 is 0 Å². The van der Waals surface area contributed by atoms with Crippen LogP contribution in [0.15, 0.2) is 0 Å². The normalized spacial score (nSPS) is 22.1. The number of nitrogens with one attached hydrogen (secondary N) is 1. The predicted octanol–water partition coefficient (Wildman–Crippen LogP) is -0.164. The average molecular weight is 268 g/mol. The first-order chi connectivity index (χ1) is 9.25. The van der Waals surface area contributed by atoms with Gasteiger partial charge in [-0.05, 0) is 52.5 Å². The van der Waals surface area contributed by atoms with E-state index in [1.165, 1.54) is 32.5 Å². The summed E-state index contributed by atoms with van der Waals surface area (Å²) < 4.78 is 0. The third-order valence-corrected chi connectivity index (χ3v) is 4.16. The molecule has 0 aliphatic carbocycles. The molecule has 1 amide bonds. The van der Waals surface area contributed by atoms with Crippen LogP contribution in [0, 0.1) is 0 Å². The lowest BCUT2D eigenvalue weighted by atomic mass is 10.3. The van der Waals surface area contributed by atoms with Crippen molar-refractivity contribution in [3.8, 4) is 0 Å². The molecule has 2 aliphatic rings. The first-order valence-corrected chi connectivity index (χ1v) is 7.65. The minimum absolute atomic E-state index is 0.259. The monoisotopic (exact) mass is 268 g/mol. The molecule has 0 bridgehead atoms. The molecule has 19 heavy (non-hydrogen) atoms. The number of likely N-dealkylation sites (tertiary alicyclic amines) is 1. The molecule has 0 aromatic carbocycles. The molecule has 0 aromatic heterocycles. The second kappa shape index (κ2) is 7.82. The average Bonchev–Trinajstić information content (AvgIpc) is 2.92. The molecule has 0 radical (unpaired) electrons. The minimum Gasteiger partial charge on any atom is -0.339 e. The fourth-order valence-corrected chi connectivity index (χ4v) is 2.80. The first kappa shape index (κ1) is 14.8. The lowest BCUT2D eigenvalue weighted by molar-refractivity contribution is -0.131. The van der Waals surface area contributed by atoms with E-state index in [0.29, 0.717) is 6.54 Å². The van der Waals surface area contributed by atoms with Gasteiger partial charge in [-0.25, -0.2) is 0 Å². The number of rotatable bonds is 6. The van der Waals surface area contributed by atoms with Crippen LogP contribution >= 0.6 is 0 Å². The molecule has 2 saturated heterocycles. The van der Waals surface area contributed by atoms with Crippen molar-refractivity contribution >= 4 is 5.91 Å². The summed E-state index contributed by atoms with van der Waals surface area (Å²) in [6.07, 6.45) is 3.86. The zero-order valence-electron chi connectivity index (χ0n) is 12.2. The molecular weight excluding hydrogens is 240 g/mol. The lowest BCUT2D eigenvalue weighted by Gasteiger charge is -2.32. The van der Waals surface area contributed by atoms with Gasteiger partial charge in [-0.3, -0.25) is 4.79 Å². The number of likely N-dealkylation sites (N-methyl/N-ethyl adjacent to an activating group) is 1. The highest BCUT2D eigenvalue weighted by Crippen LogP contribution is 2.06. The zero-order valence-corrected chi connectivity index (χ0v) is 12.2. The summed E-state index contributed by atoms with van der Waals surface area (Å²) in [5.74, 6) is 0.259. The molecule has 2 aliphatic heterocycles. The van der Waals surface area contributed by atoms with E-state index in [2.05, 4.69) is 22.2 Å². The van der Waals surface area contributed by atoms with Gasteiger partial charge in [-0.2, -0.15) is 0 Å². The summed E-state index contributed by atoms with van der Waals surface area (Å²) in [6, 6.07) is 0. The molecule has 1 N–H and O–H groups in total. The number of carbonyl (C=O) groups excluding carboxylic acids is 1. The molecular formula is C14H28N4O. The third kappa shape index (κ3) is 5.09. The maximum absolute atomic E-state index is 12.0. The van der Waals surface area contributed by atoms with E-state index in [4.69, 9.17) is 0 Å². The highest BCUT2D eigenvalue weighted by atomic mass is 16.2. The maximum atomic E-state index is 12.0. The first-order valence-electron chi connectivity index (χ1n) is 7.65. The molecule has 5 heteroatoms. The SMILES string of the molecule is CN1CCN(C(=O)CNCCCN2CCCC2)CC1. The quantitative estimate of drug-likeness (QED) is 0.679. The van der Waals surface area contributed by atoms with Gasteiger partial charge >= 0.3 is 0 Å². The number of hydrogen-bond donors (Lipinski definition) is 1. The van der Waals surface area contributed by atoms with Gasteiger partial charge in [0.05, 0.1) is 6.54 Å². The van der Waals surface area contributed by atoms with Crippen LogP contribution in [-0.2, 0) is 4.79 Å². The van der Waals surface area contributed by atoms with E-state index in [9.17, 15) is 4.79 Å². The standard InChI is InChI=1S/C14H28N4O/c1-16-9-11-18(12-10-16)14(19)13-15-5-4-8-17-6-2-3-7-17/h15H,2-13H2,1H3. The van der Waals surface area contributed by atoms with Crippen LogP contribution in [0.4, 0.5) is 0 Å². The van der Waals surface area contributed by atoms with Gasteiger partial charge in [-0.1, -0.05) is 0 Å². The minimum atomic E-state index is 0.259. The summed E-state index contributed by atoms with van der Waals surface area (Å²) in [5, 5.41) is 3.29. The topological polar surface area (TPSA) is 38.8 Å². The number of piperazine rings is 1. The van der Waals surface area contributed by atoms with Gasteiger partial charge in [0.1, 0.15) is 0 Å². The Morgan fingerprint density at radius 2 is 1.74 bits per heavy atom. The van der Waals surface area contributed by atoms with Gasteiger partial charge in [-0.15, -0.1) is 0 Å². The van der Waals surface area contributed by atoms with Gasteiger partial charge in [0, 0.05) is 26.2 Å². The largest absolute Gasteiger partial charge is 0.339 e. The van der Waals surface area contributed by atoms with Crippen LogP contribution in [0.5, 0.6) is 0 Å². The van der Waals surface area contributed by atoms with Crippen molar-refractivity contribution in [2.75, 3.05) is 66.0 Å². The molecule has 0 spiro atoms. The molecule has 2 heterocycles. The fraction of sp³-hybridized carbons (Fsp3) is 0.929. The Labute approximate surface area is 116 Å². The Balaban J connectivity index is 1.49. The number of hydrogen-bond acceptors (Lipinski definition) is 4. The highest BCUT2D eigenvalue weighted by molar-refractivity contribution is 5.78. The van der Waals surface area contributed by atoms with Crippen molar-refractivity contribution in [2.24, 2.45) is 0 Å². The molecule has 0 aromatic rings. The fourth-order valence-electron chi connectivity index (χ4n) is 2.80. The van der Waals surface area contributed by atoms with Crippen LogP contribution < -0.4 is 5.32 Å². The van der Waals surface area contributed by atoms with Gasteiger partial charge in [0.15, 0.2) is 0 Å². The Morgan fingerprint density at radius 3 is 2.42 bits per heavy atom. The summed E-state index contributed by atoms with van der Waals surface area (Å²) in [6.45, 7) is 8.92. The van der Waals surface area contributed by atoms with E-state index < -0.39 is 0 Å². The third-order valence-electron chi connectivity index (χ3n) is 4.16. The van der Waals surface area contributed by atoms with E-state index in [1.54, 1.807) is 0 Å². The maximum Gasteiger partial charge on any atom is 0.236 e. The summed E-state index contributed by atoms with van der Waals surface area (Å²) in [5.41, 5.74) is 0. The van der Waals surface area contributed by atoms with Crippen molar-refractivity contribution in [1.82, 2.24) is 20.0 Å². The van der Waals surface area contributed by atoms with Crippen LogP contribution in [-0.4, -0.2) is 86.6 Å². The van der Waals surface area contributed by atoms with E-state index in [-0.39, 0.29) is 5.91 Å². The van der Waals surface area contributed by atoms with Gasteiger partial charge < -0.3 is 20.0 Å². The van der Waals surface area contributed by atoms with Crippen molar-refractivity contribution in [3.63, 3.8) is 0 Å². The Morgan fingerprint density at radius 1 is 1.05 bits per heavy atom. The van der Waals surface area contributed by atoms with Crippen molar-refractivity contribution in [2.45, 2.75) is 19.3 Å². The van der Waals surface area contributed by atoms with E-state index in [0.717, 1.165) is 39.1 Å². The number of carbonyl (C=O) groups is 1. The van der Waals surface area contributed by atoms with Crippen LogP contribution in [0.3, 0.4) is 0 Å². The Hall–Kier alpha value is -0.650. The van der Waals surface area contributed by atoms with E-state index in [1.807, 2.05) is 4.90 Å². The summed E-state index contributed by atoms with van der Waals surface area (Å²) >= 11 is 0. The lowest BCUT2D eigenvalue weighted by Crippen LogP contribution is -2.49. The van der Waals surface area contributed by atoms with Crippen molar-refractivity contribution in [3.05, 3.63) is 0 Å². The second-order valence-corrected chi connectivity index (χ2v) is 5.76. The summed E-state index contributed by atoms with van der Waals surface area (Å²) in [4.78, 5) is 18.7. The Bertz CT molecular complexity index is 271. The smallest absolute Gasteiger partial charge is 0.236 e. The highest BCUT2D eigenvalue weighted by Gasteiger charge is 2.18. The molecule has 5 nitrogen and oxygen atoms in total. The second-order valence-electron chi connectivity index (χ2n) is 5.76. The molecule has 0 atom stereocenters. The van der Waals surface area contributed by atoms with Crippen LogP contribution in [0.2, 0.25) is 0 Å². The molecule has 2 fully saturated rings. The zero-order chi connectivity index (χ0) is 13.5.